The van der Waals surface area contributed by atoms with E-state index in [4.69, 9.17) is 0 Å². The third-order valence-electron chi connectivity index (χ3n) is 4.54. The number of H-pyrrole nitrogens is 1. The number of hydrogen-bond acceptors (Lipinski definition) is 3. The number of amides is 1. The molecule has 0 bridgehead atoms. The van der Waals surface area contributed by atoms with E-state index < -0.39 is 0 Å². The molecule has 1 aliphatic heterocycles. The van der Waals surface area contributed by atoms with Crippen LogP contribution in [0.4, 0.5) is 0 Å². The van der Waals surface area contributed by atoms with Gasteiger partial charge in [0.25, 0.3) is 5.91 Å². The summed E-state index contributed by atoms with van der Waals surface area (Å²) in [5.41, 5.74) is 3.82. The van der Waals surface area contributed by atoms with Gasteiger partial charge in [-0.25, -0.2) is 0 Å². The Morgan fingerprint density at radius 3 is 2.78 bits per heavy atom. The molecule has 5 nitrogen and oxygen atoms in total. The first kappa shape index (κ1) is 14.1. The van der Waals surface area contributed by atoms with E-state index in [0.717, 1.165) is 46.0 Å². The maximum Gasteiger partial charge on any atom is 0.254 e. The van der Waals surface area contributed by atoms with Crippen molar-refractivity contribution in [2.45, 2.75) is 6.54 Å². The van der Waals surface area contributed by atoms with Gasteiger partial charge in [0.05, 0.1) is 0 Å². The van der Waals surface area contributed by atoms with Gasteiger partial charge in [-0.3, -0.25) is 4.79 Å². The zero-order valence-electron chi connectivity index (χ0n) is 13.3. The Labute approximate surface area is 134 Å². The SMILES string of the molecule is CN(C)CCN1Cc2c(ccc3[nH]c4ccc(O)cc4c23)C1=O. The number of phenolic OH excluding ortho intramolecular Hbond substituents is 1. The molecule has 1 amide bonds. The summed E-state index contributed by atoms with van der Waals surface area (Å²) in [7, 11) is 4.02. The number of carbonyl (C=O) groups excluding carboxylic acids is 1. The van der Waals surface area contributed by atoms with Crippen LogP contribution in [0.15, 0.2) is 30.3 Å². The number of benzene rings is 2. The topological polar surface area (TPSA) is 59.6 Å². The number of fused-ring (bicyclic) bond motifs is 5. The number of aromatic nitrogens is 1. The second-order valence-electron chi connectivity index (χ2n) is 6.40. The molecule has 118 valence electrons. The molecule has 2 aromatic carbocycles. The first-order valence-electron chi connectivity index (χ1n) is 7.75. The van der Waals surface area contributed by atoms with E-state index in [1.54, 1.807) is 12.1 Å². The third-order valence-corrected chi connectivity index (χ3v) is 4.54. The lowest BCUT2D eigenvalue weighted by atomic mass is 10.0. The van der Waals surface area contributed by atoms with Crippen molar-refractivity contribution in [1.82, 2.24) is 14.8 Å². The minimum atomic E-state index is 0.0956. The molecule has 4 rings (SSSR count). The van der Waals surface area contributed by atoms with Gasteiger partial charge in [0.2, 0.25) is 0 Å². The van der Waals surface area contributed by atoms with Gasteiger partial charge in [0.1, 0.15) is 5.75 Å². The zero-order chi connectivity index (χ0) is 16.1. The molecule has 1 aliphatic rings. The molecular formula is C18H19N3O2. The summed E-state index contributed by atoms with van der Waals surface area (Å²) >= 11 is 0. The van der Waals surface area contributed by atoms with Crippen molar-refractivity contribution < 1.29 is 9.90 Å². The molecule has 0 atom stereocenters. The Bertz CT molecular complexity index is 927. The van der Waals surface area contributed by atoms with Gasteiger partial charge in [0.15, 0.2) is 0 Å². The third kappa shape index (κ3) is 2.16. The fourth-order valence-electron chi connectivity index (χ4n) is 3.35. The minimum Gasteiger partial charge on any atom is -0.508 e. The van der Waals surface area contributed by atoms with Gasteiger partial charge in [-0.05, 0) is 50.0 Å². The Morgan fingerprint density at radius 1 is 1.22 bits per heavy atom. The van der Waals surface area contributed by atoms with Crippen LogP contribution >= 0.6 is 0 Å². The molecule has 0 aliphatic carbocycles. The number of likely N-dealkylation sites (N-methyl/N-ethyl adjacent to an activating group) is 1. The summed E-state index contributed by atoms with van der Waals surface area (Å²) in [6.45, 7) is 2.19. The van der Waals surface area contributed by atoms with Crippen LogP contribution in [-0.4, -0.2) is 53.0 Å². The van der Waals surface area contributed by atoms with Crippen LogP contribution < -0.4 is 0 Å². The lowest BCUT2D eigenvalue weighted by Crippen LogP contribution is -2.31. The van der Waals surface area contributed by atoms with Crippen molar-refractivity contribution in [3.05, 3.63) is 41.5 Å². The van der Waals surface area contributed by atoms with Crippen LogP contribution in [0.2, 0.25) is 0 Å². The number of rotatable bonds is 3. The second kappa shape index (κ2) is 4.99. The van der Waals surface area contributed by atoms with E-state index in [1.807, 2.05) is 37.2 Å². The number of carbonyl (C=O) groups is 1. The average molecular weight is 309 g/mol. The molecule has 5 heteroatoms. The summed E-state index contributed by atoms with van der Waals surface area (Å²) in [6.07, 6.45) is 0. The van der Waals surface area contributed by atoms with E-state index in [-0.39, 0.29) is 11.7 Å². The van der Waals surface area contributed by atoms with Crippen molar-refractivity contribution in [3.63, 3.8) is 0 Å². The van der Waals surface area contributed by atoms with Crippen molar-refractivity contribution in [1.29, 1.82) is 0 Å². The number of hydrogen-bond donors (Lipinski definition) is 2. The van der Waals surface area contributed by atoms with Crippen molar-refractivity contribution in [2.24, 2.45) is 0 Å². The van der Waals surface area contributed by atoms with Crippen molar-refractivity contribution in [3.8, 4) is 5.75 Å². The summed E-state index contributed by atoms with van der Waals surface area (Å²) in [5.74, 6) is 0.336. The van der Waals surface area contributed by atoms with Crippen LogP contribution in [0.5, 0.6) is 5.75 Å². The monoisotopic (exact) mass is 309 g/mol. The maximum atomic E-state index is 12.6. The van der Waals surface area contributed by atoms with Crippen LogP contribution in [0.3, 0.4) is 0 Å². The van der Waals surface area contributed by atoms with Gasteiger partial charge in [-0.2, -0.15) is 0 Å². The average Bonchev–Trinajstić information content (AvgIpc) is 3.03. The molecule has 0 saturated carbocycles. The Morgan fingerprint density at radius 2 is 2.00 bits per heavy atom. The predicted octanol–water partition coefficient (Wildman–Crippen LogP) is 2.54. The molecule has 0 radical (unpaired) electrons. The van der Waals surface area contributed by atoms with Crippen LogP contribution in [0.25, 0.3) is 21.8 Å². The molecule has 23 heavy (non-hydrogen) atoms. The highest BCUT2D eigenvalue weighted by molar-refractivity contribution is 6.14. The molecule has 0 fully saturated rings. The lowest BCUT2D eigenvalue weighted by Gasteiger charge is -2.18. The number of aromatic hydroxyl groups is 1. The highest BCUT2D eigenvalue weighted by atomic mass is 16.3. The number of phenols is 1. The fourth-order valence-corrected chi connectivity index (χ4v) is 3.35. The molecule has 3 aromatic rings. The summed E-state index contributed by atoms with van der Waals surface area (Å²) in [5, 5.41) is 11.8. The Hall–Kier alpha value is -2.53. The Kier molecular flexibility index (Phi) is 3.06. The Balaban J connectivity index is 1.85. The normalized spacial score (nSPS) is 14.4. The van der Waals surface area contributed by atoms with Crippen LogP contribution in [0.1, 0.15) is 15.9 Å². The molecule has 0 spiro atoms. The molecule has 0 unspecified atom stereocenters. The molecular weight excluding hydrogens is 290 g/mol. The smallest absolute Gasteiger partial charge is 0.254 e. The van der Waals surface area contributed by atoms with Gasteiger partial charge in [-0.15, -0.1) is 0 Å². The summed E-state index contributed by atoms with van der Waals surface area (Å²) in [6, 6.07) is 9.18. The van der Waals surface area contributed by atoms with Gasteiger partial charge >= 0.3 is 0 Å². The highest BCUT2D eigenvalue weighted by Gasteiger charge is 2.29. The maximum absolute atomic E-state index is 12.6. The van der Waals surface area contributed by atoms with Gasteiger partial charge in [0, 0.05) is 47.0 Å². The first-order valence-corrected chi connectivity index (χ1v) is 7.75. The standard InChI is InChI=1S/C18H19N3O2/c1-20(2)7-8-21-10-14-12(18(21)23)4-6-16-17(14)13-9-11(22)3-5-15(13)19-16/h3-6,9,19,22H,7-8,10H2,1-2H3. The number of aromatic amines is 1. The minimum absolute atomic E-state index is 0.0956. The van der Waals surface area contributed by atoms with E-state index in [2.05, 4.69) is 9.88 Å². The second-order valence-corrected chi connectivity index (χ2v) is 6.40. The van der Waals surface area contributed by atoms with E-state index >= 15 is 0 Å². The highest BCUT2D eigenvalue weighted by Crippen LogP contribution is 2.36. The quantitative estimate of drug-likeness (QED) is 0.781. The van der Waals surface area contributed by atoms with E-state index in [9.17, 15) is 9.90 Å². The van der Waals surface area contributed by atoms with Crippen LogP contribution in [0, 0.1) is 0 Å². The van der Waals surface area contributed by atoms with Crippen LogP contribution in [-0.2, 0) is 6.54 Å². The van der Waals surface area contributed by atoms with E-state index in [1.165, 1.54) is 0 Å². The largest absolute Gasteiger partial charge is 0.508 e. The van der Waals surface area contributed by atoms with Gasteiger partial charge in [-0.1, -0.05) is 0 Å². The summed E-state index contributed by atoms with van der Waals surface area (Å²) < 4.78 is 0. The van der Waals surface area contributed by atoms with Crippen molar-refractivity contribution >= 4 is 27.7 Å². The number of nitrogens with zero attached hydrogens (tertiary/aromatic N) is 2. The van der Waals surface area contributed by atoms with E-state index in [0.29, 0.717) is 6.54 Å². The first-order chi connectivity index (χ1) is 11.0. The zero-order valence-corrected chi connectivity index (χ0v) is 13.3. The molecule has 0 saturated heterocycles. The van der Waals surface area contributed by atoms with Crippen molar-refractivity contribution in [2.75, 3.05) is 27.2 Å². The summed E-state index contributed by atoms with van der Waals surface area (Å²) in [4.78, 5) is 20.0. The fraction of sp³-hybridized carbons (Fsp3) is 0.278. The molecule has 2 N–H and O–H groups in total. The van der Waals surface area contributed by atoms with Gasteiger partial charge < -0.3 is 19.9 Å². The number of nitrogens with one attached hydrogen (secondary N) is 1. The lowest BCUT2D eigenvalue weighted by molar-refractivity contribution is 0.0768. The molecule has 1 aromatic heterocycles. The molecule has 2 heterocycles. The predicted molar refractivity (Wildman–Crippen MR) is 90.8 cm³/mol.